The molecular weight excluding hydrogens is 450 g/mol. The van der Waals surface area contributed by atoms with Gasteiger partial charge in [0.05, 0.1) is 29.8 Å². The molecule has 1 aliphatic rings. The van der Waals surface area contributed by atoms with Gasteiger partial charge in [-0.05, 0) is 43.2 Å². The monoisotopic (exact) mass is 469 g/mol. The lowest BCUT2D eigenvalue weighted by Gasteiger charge is -2.13. The third kappa shape index (κ3) is 3.87. The van der Waals surface area contributed by atoms with Crippen LogP contribution in [-0.4, -0.2) is 27.7 Å². The molecule has 1 fully saturated rings. The first-order valence-electron chi connectivity index (χ1n) is 10.6. The fraction of sp³-hybridized carbons (Fsp3) is 0.200. The summed E-state index contributed by atoms with van der Waals surface area (Å²) in [4.78, 5) is 8.04. The number of halogens is 4. The topological polar surface area (TPSA) is 49.2 Å². The Morgan fingerprint density at radius 2 is 1.79 bits per heavy atom. The van der Waals surface area contributed by atoms with E-state index in [0.29, 0.717) is 28.1 Å². The van der Waals surface area contributed by atoms with Crippen LogP contribution in [0, 0.1) is 17.6 Å². The molecule has 174 valence electrons. The van der Waals surface area contributed by atoms with Gasteiger partial charge >= 0.3 is 0 Å². The minimum atomic E-state index is -1.82. The first kappa shape index (κ1) is 21.9. The standard InChI is InChI=1S/C25H19F4N3O2/c1-33-19-8-4-5-14(23(19)34-15-10-11-15)9-12-20-30-17-6-2-3-7-18(17)32(20)25-16(13-26)21(27)22(28)24(29)31-25/h2-9,12,15H,10-11,13H2,1H3/b12-9+. The third-order valence-corrected chi connectivity index (χ3v) is 5.50. The lowest BCUT2D eigenvalue weighted by Crippen LogP contribution is -2.11. The molecule has 5 rings (SSSR count). The molecule has 0 atom stereocenters. The zero-order valence-corrected chi connectivity index (χ0v) is 18.1. The van der Waals surface area contributed by atoms with Gasteiger partial charge in [0.15, 0.2) is 23.1 Å². The van der Waals surface area contributed by atoms with Crippen molar-refractivity contribution in [2.45, 2.75) is 25.6 Å². The third-order valence-electron chi connectivity index (χ3n) is 5.50. The summed E-state index contributed by atoms with van der Waals surface area (Å²) in [6.45, 7) is -1.38. The van der Waals surface area contributed by atoms with Crippen molar-refractivity contribution in [3.05, 3.63) is 77.0 Å². The van der Waals surface area contributed by atoms with E-state index in [4.69, 9.17) is 9.47 Å². The largest absolute Gasteiger partial charge is 0.493 e. The number of ether oxygens (including phenoxy) is 2. The number of rotatable bonds is 7. The van der Waals surface area contributed by atoms with Crippen LogP contribution in [0.4, 0.5) is 17.6 Å². The van der Waals surface area contributed by atoms with Gasteiger partial charge in [-0.25, -0.2) is 13.8 Å². The van der Waals surface area contributed by atoms with Crippen LogP contribution < -0.4 is 9.47 Å². The highest BCUT2D eigenvalue weighted by atomic mass is 19.2. The van der Waals surface area contributed by atoms with Crippen molar-refractivity contribution >= 4 is 23.2 Å². The Labute approximate surface area is 192 Å². The van der Waals surface area contributed by atoms with Gasteiger partial charge in [-0.15, -0.1) is 0 Å². The number of hydrogen-bond donors (Lipinski definition) is 0. The van der Waals surface area contributed by atoms with Crippen LogP contribution in [0.25, 0.3) is 29.0 Å². The molecule has 0 bridgehead atoms. The Bertz CT molecular complexity index is 1410. The van der Waals surface area contributed by atoms with Crippen molar-refractivity contribution in [3.63, 3.8) is 0 Å². The summed E-state index contributed by atoms with van der Waals surface area (Å²) >= 11 is 0. The van der Waals surface area contributed by atoms with E-state index in [9.17, 15) is 17.6 Å². The molecule has 4 aromatic rings. The molecule has 0 N–H and O–H groups in total. The Morgan fingerprint density at radius 1 is 1.00 bits per heavy atom. The average molecular weight is 469 g/mol. The SMILES string of the molecule is COc1cccc(/C=C/c2nc3ccccc3n2-c2nc(F)c(F)c(F)c2CF)c1OC1CC1. The molecule has 0 amide bonds. The van der Waals surface area contributed by atoms with E-state index in [2.05, 4.69) is 9.97 Å². The lowest BCUT2D eigenvalue weighted by atomic mass is 10.1. The molecule has 9 heteroatoms. The fourth-order valence-electron chi connectivity index (χ4n) is 3.68. The van der Waals surface area contributed by atoms with E-state index in [1.54, 1.807) is 55.7 Å². The zero-order valence-electron chi connectivity index (χ0n) is 18.1. The van der Waals surface area contributed by atoms with Crippen LogP contribution in [0.1, 0.15) is 29.8 Å². The minimum absolute atomic E-state index is 0.120. The summed E-state index contributed by atoms with van der Waals surface area (Å²) in [6, 6.07) is 12.2. The number of pyridine rings is 1. The number of nitrogens with zero attached hydrogens (tertiary/aromatic N) is 3. The second-order valence-corrected chi connectivity index (χ2v) is 7.79. The van der Waals surface area contributed by atoms with Crippen molar-refractivity contribution < 1.29 is 27.0 Å². The van der Waals surface area contributed by atoms with E-state index in [1.165, 1.54) is 4.57 Å². The minimum Gasteiger partial charge on any atom is -0.493 e. The highest BCUT2D eigenvalue weighted by Crippen LogP contribution is 2.37. The van der Waals surface area contributed by atoms with E-state index in [0.717, 1.165) is 12.8 Å². The maximum Gasteiger partial charge on any atom is 0.254 e. The lowest BCUT2D eigenvalue weighted by molar-refractivity contribution is 0.281. The summed E-state index contributed by atoms with van der Waals surface area (Å²) < 4.78 is 68.7. The summed E-state index contributed by atoms with van der Waals surface area (Å²) in [6.07, 6.45) is 5.34. The van der Waals surface area contributed by atoms with Crippen LogP contribution in [0.3, 0.4) is 0 Å². The first-order valence-corrected chi connectivity index (χ1v) is 10.6. The number of imidazole rings is 1. The smallest absolute Gasteiger partial charge is 0.254 e. The maximum atomic E-state index is 14.4. The van der Waals surface area contributed by atoms with Crippen molar-refractivity contribution in [3.8, 4) is 17.3 Å². The molecule has 5 nitrogen and oxygen atoms in total. The van der Waals surface area contributed by atoms with Gasteiger partial charge in [0.2, 0.25) is 5.82 Å². The molecule has 2 aromatic carbocycles. The van der Waals surface area contributed by atoms with E-state index >= 15 is 0 Å². The van der Waals surface area contributed by atoms with Gasteiger partial charge in [0.1, 0.15) is 12.5 Å². The predicted molar refractivity (Wildman–Crippen MR) is 119 cm³/mol. The Kier molecular flexibility index (Phi) is 5.69. The number of alkyl halides is 1. The summed E-state index contributed by atoms with van der Waals surface area (Å²) in [5, 5.41) is 0. The van der Waals surface area contributed by atoms with E-state index in [1.807, 2.05) is 6.07 Å². The van der Waals surface area contributed by atoms with Crippen LogP contribution in [-0.2, 0) is 6.67 Å². The van der Waals surface area contributed by atoms with Crippen molar-refractivity contribution in [1.82, 2.24) is 14.5 Å². The number of aromatic nitrogens is 3. The second kappa shape index (κ2) is 8.81. The van der Waals surface area contributed by atoms with E-state index < -0.39 is 35.6 Å². The van der Waals surface area contributed by atoms with Crippen LogP contribution in [0.2, 0.25) is 0 Å². The number of benzene rings is 2. The molecule has 0 saturated heterocycles. The van der Waals surface area contributed by atoms with Gasteiger partial charge in [0.25, 0.3) is 5.95 Å². The molecule has 1 saturated carbocycles. The van der Waals surface area contributed by atoms with Gasteiger partial charge in [0, 0.05) is 5.56 Å². The van der Waals surface area contributed by atoms with Gasteiger partial charge in [-0.1, -0.05) is 24.3 Å². The number of hydrogen-bond acceptors (Lipinski definition) is 4. The Balaban J connectivity index is 1.68. The molecule has 34 heavy (non-hydrogen) atoms. The zero-order chi connectivity index (χ0) is 23.8. The highest BCUT2D eigenvalue weighted by molar-refractivity contribution is 5.82. The molecule has 0 aliphatic heterocycles. The normalized spacial score (nSPS) is 13.7. The van der Waals surface area contributed by atoms with Gasteiger partial charge in [-0.2, -0.15) is 13.8 Å². The molecular formula is C25H19F4N3O2. The average Bonchev–Trinajstić information content (AvgIpc) is 3.59. The molecule has 2 heterocycles. The molecule has 0 radical (unpaired) electrons. The Hall–Kier alpha value is -3.88. The summed E-state index contributed by atoms with van der Waals surface area (Å²) in [7, 11) is 1.55. The van der Waals surface area contributed by atoms with Crippen LogP contribution in [0.5, 0.6) is 11.5 Å². The van der Waals surface area contributed by atoms with Crippen molar-refractivity contribution in [1.29, 1.82) is 0 Å². The van der Waals surface area contributed by atoms with Crippen LogP contribution >= 0.6 is 0 Å². The van der Waals surface area contributed by atoms with Gasteiger partial charge < -0.3 is 9.47 Å². The van der Waals surface area contributed by atoms with E-state index in [-0.39, 0.29) is 11.9 Å². The Morgan fingerprint density at radius 3 is 2.53 bits per heavy atom. The predicted octanol–water partition coefficient (Wildman–Crippen LogP) is 6.03. The first-order chi connectivity index (χ1) is 16.5. The van der Waals surface area contributed by atoms with Crippen LogP contribution in [0.15, 0.2) is 42.5 Å². The summed E-state index contributed by atoms with van der Waals surface area (Å²) in [5.41, 5.74) is 0.907. The number of para-hydroxylation sites is 3. The fourth-order valence-corrected chi connectivity index (χ4v) is 3.68. The quantitative estimate of drug-likeness (QED) is 0.245. The summed E-state index contributed by atoms with van der Waals surface area (Å²) in [5.74, 6) is -4.17. The second-order valence-electron chi connectivity index (χ2n) is 7.79. The molecule has 0 unspecified atom stereocenters. The highest BCUT2D eigenvalue weighted by Gasteiger charge is 2.26. The van der Waals surface area contributed by atoms with Crippen molar-refractivity contribution in [2.24, 2.45) is 0 Å². The number of fused-ring (bicyclic) bond motifs is 1. The van der Waals surface area contributed by atoms with Gasteiger partial charge in [-0.3, -0.25) is 4.57 Å². The maximum absolute atomic E-state index is 14.4. The molecule has 2 aromatic heterocycles. The van der Waals surface area contributed by atoms with Crippen molar-refractivity contribution in [2.75, 3.05) is 7.11 Å². The molecule has 1 aliphatic carbocycles. The number of methoxy groups -OCH3 is 1. The molecule has 0 spiro atoms.